The van der Waals surface area contributed by atoms with E-state index in [-0.39, 0.29) is 22.6 Å². The number of nitriles is 1. The van der Waals surface area contributed by atoms with Crippen molar-refractivity contribution in [2.45, 2.75) is 39.2 Å². The number of carbonyl (C=O) groups excluding carboxylic acids is 2. The Kier molecular flexibility index (Phi) is 6.90. The van der Waals surface area contributed by atoms with Crippen LogP contribution in [0.3, 0.4) is 0 Å². The number of aromatic nitrogens is 1. The molecule has 196 valence electrons. The van der Waals surface area contributed by atoms with E-state index in [2.05, 4.69) is 16.5 Å². The van der Waals surface area contributed by atoms with E-state index in [9.17, 15) is 14.9 Å². The monoisotopic (exact) mass is 519 g/mol. The van der Waals surface area contributed by atoms with Crippen molar-refractivity contribution in [1.29, 1.82) is 5.26 Å². The average Bonchev–Trinajstić information content (AvgIpc) is 2.93. The van der Waals surface area contributed by atoms with Gasteiger partial charge in [0.2, 0.25) is 0 Å². The lowest BCUT2D eigenvalue weighted by atomic mass is 9.69. The first-order chi connectivity index (χ1) is 18.8. The molecule has 1 unspecified atom stereocenters. The Hall–Kier alpha value is -4.90. The highest BCUT2D eigenvalue weighted by Gasteiger charge is 2.45. The molecule has 2 aromatic carbocycles. The Balaban J connectivity index is 1.55. The number of carbonyl (C=O) groups is 2. The molecule has 2 heterocycles. The zero-order valence-electron chi connectivity index (χ0n) is 21.8. The predicted octanol–water partition coefficient (Wildman–Crippen LogP) is 4.74. The standard InChI is InChI=1S/C31H29N5O3/c1-31(2)16-25-28(26(37)17-31)27(22-9-6-10-23(15-22)39-19-20-7-4-3-5-8-20)24(18-32)29(33)36(25)35-30(38)21-11-13-34-14-12-21/h3-15,27H,16-17,19,33H2,1-2H3,(H,35,38). The maximum Gasteiger partial charge on any atom is 0.270 e. The predicted molar refractivity (Wildman–Crippen MR) is 145 cm³/mol. The second-order valence-electron chi connectivity index (χ2n) is 10.5. The summed E-state index contributed by atoms with van der Waals surface area (Å²) in [5.74, 6) is -0.473. The molecule has 39 heavy (non-hydrogen) atoms. The van der Waals surface area contributed by atoms with Crippen LogP contribution in [0.2, 0.25) is 0 Å². The summed E-state index contributed by atoms with van der Waals surface area (Å²) in [5, 5.41) is 11.7. The zero-order chi connectivity index (χ0) is 27.6. The molecule has 1 atom stereocenters. The van der Waals surface area contributed by atoms with Crippen molar-refractivity contribution in [3.63, 3.8) is 0 Å². The number of amides is 1. The summed E-state index contributed by atoms with van der Waals surface area (Å²) >= 11 is 0. The smallest absolute Gasteiger partial charge is 0.270 e. The second kappa shape index (κ2) is 10.5. The summed E-state index contributed by atoms with van der Waals surface area (Å²) in [6, 6.07) is 22.6. The fraction of sp³-hybridized carbons (Fsp3) is 0.226. The van der Waals surface area contributed by atoms with Gasteiger partial charge in [0, 0.05) is 30.0 Å². The number of nitrogens with zero attached hydrogens (tertiary/aromatic N) is 3. The van der Waals surface area contributed by atoms with Gasteiger partial charge in [-0.05, 0) is 47.2 Å². The number of hydrogen-bond donors (Lipinski definition) is 2. The van der Waals surface area contributed by atoms with Gasteiger partial charge in [-0.15, -0.1) is 0 Å². The molecule has 3 aromatic rings. The Bertz CT molecular complexity index is 1520. The summed E-state index contributed by atoms with van der Waals surface area (Å²) in [6.07, 6.45) is 3.85. The molecule has 1 aromatic heterocycles. The number of hydrazine groups is 1. The quantitative estimate of drug-likeness (QED) is 0.482. The van der Waals surface area contributed by atoms with Crippen LogP contribution >= 0.6 is 0 Å². The Morgan fingerprint density at radius 1 is 1.13 bits per heavy atom. The third-order valence-corrected chi connectivity index (χ3v) is 6.98. The van der Waals surface area contributed by atoms with Gasteiger partial charge in [0.15, 0.2) is 5.78 Å². The van der Waals surface area contributed by atoms with Crippen molar-refractivity contribution in [2.75, 3.05) is 0 Å². The fourth-order valence-electron chi connectivity index (χ4n) is 5.16. The lowest BCUT2D eigenvalue weighted by Gasteiger charge is -2.43. The number of benzene rings is 2. The minimum Gasteiger partial charge on any atom is -0.489 e. The van der Waals surface area contributed by atoms with Crippen molar-refractivity contribution in [3.8, 4) is 11.8 Å². The molecule has 5 rings (SSSR count). The SMILES string of the molecule is CC1(C)CC(=O)C2=C(C1)N(NC(=O)c1ccncc1)C(N)=C(C#N)C2c1cccc(OCc2ccccc2)c1. The molecule has 8 nitrogen and oxygen atoms in total. The zero-order valence-corrected chi connectivity index (χ0v) is 21.8. The van der Waals surface area contributed by atoms with E-state index in [0.29, 0.717) is 42.0 Å². The van der Waals surface area contributed by atoms with Gasteiger partial charge in [0.25, 0.3) is 5.91 Å². The van der Waals surface area contributed by atoms with Crippen molar-refractivity contribution < 1.29 is 14.3 Å². The topological polar surface area (TPSA) is 121 Å². The highest BCUT2D eigenvalue weighted by Crippen LogP contribution is 2.48. The molecule has 1 amide bonds. The van der Waals surface area contributed by atoms with Crippen LogP contribution in [0.5, 0.6) is 5.75 Å². The molecular formula is C31H29N5O3. The van der Waals surface area contributed by atoms with Gasteiger partial charge in [-0.3, -0.25) is 20.0 Å². The van der Waals surface area contributed by atoms with Crippen molar-refractivity contribution in [3.05, 3.63) is 118 Å². The molecule has 2 aliphatic rings. The van der Waals surface area contributed by atoms with Crippen molar-refractivity contribution in [1.82, 2.24) is 15.4 Å². The maximum absolute atomic E-state index is 13.7. The summed E-state index contributed by atoms with van der Waals surface area (Å²) < 4.78 is 6.03. The fourth-order valence-corrected chi connectivity index (χ4v) is 5.16. The van der Waals surface area contributed by atoms with Crippen LogP contribution in [0.1, 0.15) is 54.1 Å². The van der Waals surface area contributed by atoms with Gasteiger partial charge in [0.05, 0.1) is 23.3 Å². The number of nitrogens with one attached hydrogen (secondary N) is 1. The van der Waals surface area contributed by atoms with Gasteiger partial charge in [-0.2, -0.15) is 5.26 Å². The summed E-state index contributed by atoms with van der Waals surface area (Å²) in [7, 11) is 0. The largest absolute Gasteiger partial charge is 0.489 e. The first-order valence-corrected chi connectivity index (χ1v) is 12.7. The number of allylic oxidation sites excluding steroid dienone is 3. The number of ether oxygens (including phenoxy) is 1. The van der Waals surface area contributed by atoms with Crippen LogP contribution in [0.25, 0.3) is 0 Å². The third-order valence-electron chi connectivity index (χ3n) is 6.98. The molecule has 0 spiro atoms. The summed E-state index contributed by atoms with van der Waals surface area (Å²) in [6.45, 7) is 4.39. The Labute approximate surface area is 227 Å². The lowest BCUT2D eigenvalue weighted by Crippen LogP contribution is -2.49. The molecule has 8 heteroatoms. The summed E-state index contributed by atoms with van der Waals surface area (Å²) in [4.78, 5) is 30.7. The van der Waals surface area contributed by atoms with Crippen LogP contribution < -0.4 is 15.9 Å². The molecule has 0 saturated heterocycles. The number of nitrogens with two attached hydrogens (primary N) is 1. The van der Waals surface area contributed by atoms with E-state index < -0.39 is 11.8 Å². The van der Waals surface area contributed by atoms with Gasteiger partial charge < -0.3 is 10.5 Å². The molecule has 3 N–H and O–H groups in total. The molecule has 0 radical (unpaired) electrons. The van der Waals surface area contributed by atoms with Crippen LogP contribution in [-0.4, -0.2) is 21.7 Å². The Morgan fingerprint density at radius 3 is 2.59 bits per heavy atom. The van der Waals surface area contributed by atoms with Crippen molar-refractivity contribution in [2.24, 2.45) is 11.1 Å². The molecule has 0 fully saturated rings. The molecular weight excluding hydrogens is 490 g/mol. The highest BCUT2D eigenvalue weighted by atomic mass is 16.5. The van der Waals surface area contributed by atoms with Gasteiger partial charge in [-0.25, -0.2) is 5.01 Å². The second-order valence-corrected chi connectivity index (χ2v) is 10.5. The minimum atomic E-state index is -0.678. The Morgan fingerprint density at radius 2 is 1.87 bits per heavy atom. The van der Waals surface area contributed by atoms with Crippen LogP contribution in [0, 0.1) is 16.7 Å². The van der Waals surface area contributed by atoms with Crippen LogP contribution in [-0.2, 0) is 11.4 Å². The maximum atomic E-state index is 13.7. The normalized spacial score (nSPS) is 18.3. The minimum absolute atomic E-state index is 0.0785. The summed E-state index contributed by atoms with van der Waals surface area (Å²) in [5.41, 5.74) is 12.4. The molecule has 0 saturated carbocycles. The molecule has 0 bridgehead atoms. The van der Waals surface area contributed by atoms with Gasteiger partial charge in [0.1, 0.15) is 18.2 Å². The van der Waals surface area contributed by atoms with Crippen LogP contribution in [0.4, 0.5) is 0 Å². The number of Topliss-reactive ketones (excluding diaryl/α,β-unsaturated/α-hetero) is 1. The third kappa shape index (κ3) is 5.25. The number of ketones is 1. The first kappa shape index (κ1) is 25.7. The molecule has 1 aliphatic heterocycles. The van der Waals surface area contributed by atoms with Gasteiger partial charge in [-0.1, -0.05) is 56.3 Å². The van der Waals surface area contributed by atoms with Crippen LogP contribution in [0.15, 0.2) is 102 Å². The van der Waals surface area contributed by atoms with Crippen molar-refractivity contribution >= 4 is 11.7 Å². The van der Waals surface area contributed by atoms with E-state index in [4.69, 9.17) is 10.5 Å². The first-order valence-electron chi connectivity index (χ1n) is 12.7. The van der Waals surface area contributed by atoms with E-state index in [1.54, 1.807) is 12.1 Å². The lowest BCUT2D eigenvalue weighted by molar-refractivity contribution is -0.118. The van der Waals surface area contributed by atoms with E-state index >= 15 is 0 Å². The van der Waals surface area contributed by atoms with E-state index in [1.807, 2.05) is 68.4 Å². The average molecular weight is 520 g/mol. The molecule has 1 aliphatic carbocycles. The highest BCUT2D eigenvalue weighted by molar-refractivity contribution is 6.01. The van der Waals surface area contributed by atoms with Gasteiger partial charge >= 0.3 is 0 Å². The van der Waals surface area contributed by atoms with E-state index in [1.165, 1.54) is 17.4 Å². The number of rotatable bonds is 6. The van der Waals surface area contributed by atoms with E-state index in [0.717, 1.165) is 11.1 Å². The number of pyridine rings is 1. The number of hydrogen-bond acceptors (Lipinski definition) is 7.